The monoisotopic (exact) mass is 229 g/mol. The van der Waals surface area contributed by atoms with E-state index in [0.717, 1.165) is 39.0 Å². The van der Waals surface area contributed by atoms with Crippen LogP contribution < -0.4 is 11.1 Å². The maximum Gasteiger partial charge on any atom is 0.233 e. The molecule has 0 aromatic rings. The van der Waals surface area contributed by atoms with E-state index in [1.165, 1.54) is 0 Å². The largest absolute Gasteiger partial charge is 0.378 e. The number of hydrogen-bond donors (Lipinski definition) is 2. The molecule has 94 valence electrons. The molecule has 0 unspecified atom stereocenters. The summed E-state index contributed by atoms with van der Waals surface area (Å²) < 4.78 is 5.70. The van der Waals surface area contributed by atoms with Crippen LogP contribution in [-0.4, -0.2) is 56.7 Å². The summed E-state index contributed by atoms with van der Waals surface area (Å²) in [6, 6.07) is 0. The molecule has 0 spiro atoms. The van der Waals surface area contributed by atoms with Gasteiger partial charge in [0.05, 0.1) is 12.6 Å². The number of nitrogens with one attached hydrogen (secondary N) is 1. The van der Waals surface area contributed by atoms with Gasteiger partial charge in [-0.3, -0.25) is 9.69 Å². The molecule has 1 heterocycles. The van der Waals surface area contributed by atoms with Crippen LogP contribution in [0, 0.1) is 0 Å². The first-order valence-corrected chi connectivity index (χ1v) is 6.01. The second-order valence-corrected chi connectivity index (χ2v) is 4.16. The molecule has 1 amide bonds. The average Bonchev–Trinajstić information content (AvgIpc) is 2.31. The Kier molecular flexibility index (Phi) is 6.37. The van der Waals surface area contributed by atoms with Gasteiger partial charge in [-0.05, 0) is 25.8 Å². The van der Waals surface area contributed by atoms with Crippen molar-refractivity contribution in [3.8, 4) is 0 Å². The highest BCUT2D eigenvalue weighted by Crippen LogP contribution is 2.13. The number of nitrogens with zero attached hydrogens (tertiary/aromatic N) is 1. The van der Waals surface area contributed by atoms with Crippen molar-refractivity contribution >= 4 is 5.91 Å². The number of likely N-dealkylation sites (N-methyl/N-ethyl adjacent to an activating group) is 1. The van der Waals surface area contributed by atoms with E-state index in [9.17, 15) is 4.79 Å². The first-order valence-electron chi connectivity index (χ1n) is 6.01. The molecule has 0 atom stereocenters. The molecule has 0 radical (unpaired) electrons. The van der Waals surface area contributed by atoms with Crippen molar-refractivity contribution in [2.75, 3.05) is 39.8 Å². The van der Waals surface area contributed by atoms with Gasteiger partial charge in [0.25, 0.3) is 0 Å². The molecule has 0 aromatic carbocycles. The fourth-order valence-corrected chi connectivity index (χ4v) is 1.85. The lowest BCUT2D eigenvalue weighted by molar-refractivity contribution is -0.122. The molecule has 0 aliphatic carbocycles. The summed E-state index contributed by atoms with van der Waals surface area (Å²) in [4.78, 5) is 13.3. The predicted octanol–water partition coefficient (Wildman–Crippen LogP) is -0.438. The molecule has 1 aliphatic heterocycles. The molecular formula is C11H23N3O2. The standard InChI is InChI=1S/C11H23N3O2/c1-13-11(15)9-14-6-3-10(4-7-14)16-8-2-5-12/h10H,2-9,12H2,1H3,(H,13,15). The summed E-state index contributed by atoms with van der Waals surface area (Å²) in [5, 5.41) is 2.64. The fourth-order valence-electron chi connectivity index (χ4n) is 1.85. The van der Waals surface area contributed by atoms with Crippen molar-refractivity contribution in [2.45, 2.75) is 25.4 Å². The average molecular weight is 229 g/mol. The number of amides is 1. The third-order valence-electron chi connectivity index (χ3n) is 2.88. The van der Waals surface area contributed by atoms with Crippen molar-refractivity contribution in [3.63, 3.8) is 0 Å². The van der Waals surface area contributed by atoms with E-state index in [4.69, 9.17) is 10.5 Å². The number of hydrogen-bond acceptors (Lipinski definition) is 4. The molecule has 1 fully saturated rings. The van der Waals surface area contributed by atoms with Gasteiger partial charge in [-0.1, -0.05) is 0 Å². The highest BCUT2D eigenvalue weighted by Gasteiger charge is 2.20. The minimum absolute atomic E-state index is 0.0856. The third kappa shape index (κ3) is 4.92. The van der Waals surface area contributed by atoms with Crippen LogP contribution in [-0.2, 0) is 9.53 Å². The van der Waals surface area contributed by atoms with E-state index in [2.05, 4.69) is 10.2 Å². The molecule has 1 rings (SSSR count). The summed E-state index contributed by atoms with van der Waals surface area (Å²) >= 11 is 0. The third-order valence-corrected chi connectivity index (χ3v) is 2.88. The molecule has 1 aliphatic rings. The smallest absolute Gasteiger partial charge is 0.233 e. The molecule has 0 aromatic heterocycles. The zero-order valence-electron chi connectivity index (χ0n) is 10.1. The number of piperidine rings is 1. The van der Waals surface area contributed by atoms with Gasteiger partial charge in [-0.25, -0.2) is 0 Å². The Labute approximate surface area is 97.3 Å². The molecule has 1 saturated heterocycles. The summed E-state index contributed by atoms with van der Waals surface area (Å²) in [6.07, 6.45) is 3.31. The van der Waals surface area contributed by atoms with Crippen LogP contribution in [0.25, 0.3) is 0 Å². The van der Waals surface area contributed by atoms with Crippen LogP contribution in [0.3, 0.4) is 0 Å². The van der Waals surface area contributed by atoms with Gasteiger partial charge in [0, 0.05) is 26.7 Å². The Balaban J connectivity index is 2.11. The predicted molar refractivity (Wildman–Crippen MR) is 63.2 cm³/mol. The number of carbonyl (C=O) groups is 1. The Hall–Kier alpha value is -0.650. The van der Waals surface area contributed by atoms with Crippen molar-refractivity contribution in [1.29, 1.82) is 0 Å². The number of carbonyl (C=O) groups excluding carboxylic acids is 1. The van der Waals surface area contributed by atoms with Crippen LogP contribution in [0.2, 0.25) is 0 Å². The van der Waals surface area contributed by atoms with Crippen molar-refractivity contribution in [3.05, 3.63) is 0 Å². The molecule has 16 heavy (non-hydrogen) atoms. The van der Waals surface area contributed by atoms with E-state index < -0.39 is 0 Å². The summed E-state index contributed by atoms with van der Waals surface area (Å²) in [6.45, 7) is 3.85. The molecule has 3 N–H and O–H groups in total. The Morgan fingerprint density at radius 3 is 2.75 bits per heavy atom. The molecule has 0 bridgehead atoms. The highest BCUT2D eigenvalue weighted by atomic mass is 16.5. The van der Waals surface area contributed by atoms with Crippen molar-refractivity contribution < 1.29 is 9.53 Å². The zero-order chi connectivity index (χ0) is 11.8. The van der Waals surface area contributed by atoms with E-state index in [0.29, 0.717) is 19.2 Å². The van der Waals surface area contributed by atoms with Gasteiger partial charge < -0.3 is 15.8 Å². The second-order valence-electron chi connectivity index (χ2n) is 4.16. The van der Waals surface area contributed by atoms with E-state index >= 15 is 0 Å². The maximum absolute atomic E-state index is 11.2. The zero-order valence-corrected chi connectivity index (χ0v) is 10.1. The quantitative estimate of drug-likeness (QED) is 0.606. The lowest BCUT2D eigenvalue weighted by atomic mass is 10.1. The maximum atomic E-state index is 11.2. The first kappa shape index (κ1) is 13.4. The molecule has 0 saturated carbocycles. The second kappa shape index (κ2) is 7.60. The SMILES string of the molecule is CNC(=O)CN1CCC(OCCCN)CC1. The van der Waals surface area contributed by atoms with Crippen LogP contribution in [0.4, 0.5) is 0 Å². The van der Waals surface area contributed by atoms with Crippen LogP contribution in [0.1, 0.15) is 19.3 Å². The van der Waals surface area contributed by atoms with E-state index in [1.807, 2.05) is 0 Å². The number of nitrogens with two attached hydrogens (primary N) is 1. The molecule has 5 nitrogen and oxygen atoms in total. The minimum atomic E-state index is 0.0856. The molecule has 5 heteroatoms. The number of rotatable bonds is 6. The summed E-state index contributed by atoms with van der Waals surface area (Å²) in [5.41, 5.74) is 5.40. The van der Waals surface area contributed by atoms with Crippen LogP contribution in [0.15, 0.2) is 0 Å². The number of likely N-dealkylation sites (tertiary alicyclic amines) is 1. The molecular weight excluding hydrogens is 206 g/mol. The number of ether oxygens (including phenoxy) is 1. The van der Waals surface area contributed by atoms with Gasteiger partial charge in [0.2, 0.25) is 5.91 Å². The highest BCUT2D eigenvalue weighted by molar-refractivity contribution is 5.77. The van der Waals surface area contributed by atoms with Gasteiger partial charge in [-0.15, -0.1) is 0 Å². The first-order chi connectivity index (χ1) is 7.76. The van der Waals surface area contributed by atoms with Crippen molar-refractivity contribution in [1.82, 2.24) is 10.2 Å². The van der Waals surface area contributed by atoms with Gasteiger partial charge in [0.1, 0.15) is 0 Å². The van der Waals surface area contributed by atoms with Crippen LogP contribution >= 0.6 is 0 Å². The fraction of sp³-hybridized carbons (Fsp3) is 0.909. The van der Waals surface area contributed by atoms with E-state index in [1.54, 1.807) is 7.05 Å². The topological polar surface area (TPSA) is 67.6 Å². The lowest BCUT2D eigenvalue weighted by Gasteiger charge is -2.31. The Morgan fingerprint density at radius 2 is 2.19 bits per heavy atom. The van der Waals surface area contributed by atoms with Crippen LogP contribution in [0.5, 0.6) is 0 Å². The van der Waals surface area contributed by atoms with E-state index in [-0.39, 0.29) is 5.91 Å². The van der Waals surface area contributed by atoms with Gasteiger partial charge in [0.15, 0.2) is 0 Å². The lowest BCUT2D eigenvalue weighted by Crippen LogP contribution is -2.42. The Morgan fingerprint density at radius 1 is 1.50 bits per heavy atom. The summed E-state index contributed by atoms with van der Waals surface area (Å²) in [5.74, 6) is 0.0856. The van der Waals surface area contributed by atoms with Gasteiger partial charge in [-0.2, -0.15) is 0 Å². The van der Waals surface area contributed by atoms with Crippen molar-refractivity contribution in [2.24, 2.45) is 5.73 Å². The normalized spacial score (nSPS) is 18.6. The Bertz CT molecular complexity index is 203. The minimum Gasteiger partial charge on any atom is -0.378 e. The summed E-state index contributed by atoms with van der Waals surface area (Å²) in [7, 11) is 1.67. The van der Waals surface area contributed by atoms with Gasteiger partial charge >= 0.3 is 0 Å².